The van der Waals surface area contributed by atoms with Crippen molar-refractivity contribution in [1.29, 1.82) is 0 Å². The van der Waals surface area contributed by atoms with Gasteiger partial charge in [-0.2, -0.15) is 0 Å². The van der Waals surface area contributed by atoms with E-state index in [1.165, 1.54) is 31.4 Å². The number of imidazole rings is 1. The summed E-state index contributed by atoms with van der Waals surface area (Å²) in [7, 11) is 1.39. The molecule has 2 N–H and O–H groups in total. The van der Waals surface area contributed by atoms with Gasteiger partial charge in [0.05, 0.1) is 29.5 Å². The summed E-state index contributed by atoms with van der Waals surface area (Å²) in [5.74, 6) is -0.187. The predicted octanol–water partition coefficient (Wildman–Crippen LogP) is 5.34. The maximum atomic E-state index is 14.6. The molecule has 0 radical (unpaired) electrons. The monoisotopic (exact) mass is 499 g/mol. The first-order valence-corrected chi connectivity index (χ1v) is 11.7. The Balaban J connectivity index is 1.48. The first-order chi connectivity index (χ1) is 18.0. The predicted molar refractivity (Wildman–Crippen MR) is 136 cm³/mol. The minimum absolute atomic E-state index is 0.104. The lowest BCUT2D eigenvalue weighted by atomic mass is 10.0. The highest BCUT2D eigenvalue weighted by Crippen LogP contribution is 2.33. The summed E-state index contributed by atoms with van der Waals surface area (Å²) in [6, 6.07) is 15.4. The SMILES string of the molecule is COc1ccc(-c2nc3cc(C(=O)NCCCc4ncc[nH]4)ccc3nc2-c2ccc(F)cc2)cc1F. The fourth-order valence-corrected chi connectivity index (χ4v) is 4.01. The number of hydrogen-bond acceptors (Lipinski definition) is 5. The number of nitrogens with zero attached hydrogens (tertiary/aromatic N) is 3. The topological polar surface area (TPSA) is 92.8 Å². The van der Waals surface area contributed by atoms with E-state index in [0.717, 1.165) is 18.7 Å². The molecule has 186 valence electrons. The van der Waals surface area contributed by atoms with Crippen LogP contribution in [0.1, 0.15) is 22.6 Å². The summed E-state index contributed by atoms with van der Waals surface area (Å²) in [5, 5.41) is 2.91. The highest BCUT2D eigenvalue weighted by Gasteiger charge is 2.17. The Labute approximate surface area is 211 Å². The lowest BCUT2D eigenvalue weighted by Crippen LogP contribution is -2.24. The number of benzene rings is 3. The fraction of sp³-hybridized carbons (Fsp3) is 0.143. The molecule has 0 spiro atoms. The second kappa shape index (κ2) is 10.5. The number of aryl methyl sites for hydroxylation is 1. The van der Waals surface area contributed by atoms with Crippen molar-refractivity contribution in [2.45, 2.75) is 12.8 Å². The van der Waals surface area contributed by atoms with Crippen LogP contribution in [0, 0.1) is 11.6 Å². The van der Waals surface area contributed by atoms with Gasteiger partial charge in [-0.3, -0.25) is 4.79 Å². The van der Waals surface area contributed by atoms with Crippen molar-refractivity contribution in [2.24, 2.45) is 0 Å². The van der Waals surface area contributed by atoms with Gasteiger partial charge >= 0.3 is 0 Å². The molecule has 0 aliphatic carbocycles. The third kappa shape index (κ3) is 5.30. The zero-order valence-electron chi connectivity index (χ0n) is 20.0. The van der Waals surface area contributed by atoms with Crippen LogP contribution in [0.5, 0.6) is 5.75 Å². The molecule has 1 amide bonds. The smallest absolute Gasteiger partial charge is 0.251 e. The Kier molecular flexibility index (Phi) is 6.85. The Morgan fingerprint density at radius 2 is 1.70 bits per heavy atom. The van der Waals surface area contributed by atoms with Gasteiger partial charge in [-0.15, -0.1) is 0 Å². The normalized spacial score (nSPS) is 11.0. The summed E-state index contributed by atoms with van der Waals surface area (Å²) in [4.78, 5) is 29.5. The molecule has 0 bridgehead atoms. The third-order valence-electron chi connectivity index (χ3n) is 5.90. The molecule has 0 fully saturated rings. The van der Waals surface area contributed by atoms with Crippen LogP contribution in [0.4, 0.5) is 8.78 Å². The van der Waals surface area contributed by atoms with Crippen LogP contribution in [-0.4, -0.2) is 39.5 Å². The second-order valence-corrected chi connectivity index (χ2v) is 8.38. The van der Waals surface area contributed by atoms with Crippen LogP contribution < -0.4 is 10.1 Å². The van der Waals surface area contributed by atoms with E-state index in [0.29, 0.717) is 45.7 Å². The summed E-state index contributed by atoms with van der Waals surface area (Å²) < 4.78 is 33.2. The van der Waals surface area contributed by atoms with Crippen molar-refractivity contribution in [1.82, 2.24) is 25.3 Å². The Morgan fingerprint density at radius 3 is 2.43 bits per heavy atom. The van der Waals surface area contributed by atoms with Crippen LogP contribution in [-0.2, 0) is 6.42 Å². The van der Waals surface area contributed by atoms with Crippen LogP contribution in [0.2, 0.25) is 0 Å². The molecule has 0 aliphatic rings. The number of halogens is 2. The lowest BCUT2D eigenvalue weighted by molar-refractivity contribution is 0.0953. The van der Waals surface area contributed by atoms with E-state index in [9.17, 15) is 13.6 Å². The summed E-state index contributed by atoms with van der Waals surface area (Å²) >= 11 is 0. The first-order valence-electron chi connectivity index (χ1n) is 11.7. The molecule has 0 saturated heterocycles. The van der Waals surface area contributed by atoms with E-state index in [2.05, 4.69) is 15.3 Å². The van der Waals surface area contributed by atoms with Crippen molar-refractivity contribution in [3.8, 4) is 28.3 Å². The zero-order chi connectivity index (χ0) is 25.8. The minimum atomic E-state index is -0.547. The maximum absolute atomic E-state index is 14.6. The molecular weight excluding hydrogens is 476 g/mol. The quantitative estimate of drug-likeness (QED) is 0.281. The van der Waals surface area contributed by atoms with Crippen molar-refractivity contribution >= 4 is 16.9 Å². The van der Waals surface area contributed by atoms with Gasteiger partial charge in [-0.25, -0.2) is 23.7 Å². The number of nitrogens with one attached hydrogen (secondary N) is 2. The average Bonchev–Trinajstić information content (AvgIpc) is 3.44. The van der Waals surface area contributed by atoms with Crippen LogP contribution in [0.3, 0.4) is 0 Å². The number of hydrogen-bond donors (Lipinski definition) is 2. The summed E-state index contributed by atoms with van der Waals surface area (Å²) in [6.07, 6.45) is 4.92. The van der Waals surface area contributed by atoms with Gasteiger partial charge in [0.25, 0.3) is 5.91 Å². The minimum Gasteiger partial charge on any atom is -0.494 e. The Morgan fingerprint density at radius 1 is 0.946 bits per heavy atom. The molecule has 0 unspecified atom stereocenters. The van der Waals surface area contributed by atoms with Gasteiger partial charge in [0.1, 0.15) is 11.6 Å². The van der Waals surface area contributed by atoms with Crippen LogP contribution in [0.25, 0.3) is 33.5 Å². The molecule has 0 aliphatic heterocycles. The van der Waals surface area contributed by atoms with Crippen molar-refractivity contribution in [3.05, 3.63) is 96.1 Å². The van der Waals surface area contributed by atoms with Gasteiger partial charge in [0.2, 0.25) is 0 Å². The van der Waals surface area contributed by atoms with Crippen LogP contribution >= 0.6 is 0 Å². The molecule has 9 heteroatoms. The van der Waals surface area contributed by atoms with Gasteiger partial charge in [-0.1, -0.05) is 0 Å². The number of carbonyl (C=O) groups is 1. The largest absolute Gasteiger partial charge is 0.494 e. The van der Waals surface area contributed by atoms with E-state index in [4.69, 9.17) is 14.7 Å². The standard InChI is InChI=1S/C28H23F2N5O2/c1-37-24-11-7-18(15-21(24)30)27-26(17-4-8-20(29)9-5-17)34-22-10-6-19(16-23(22)35-27)28(36)33-12-2-3-25-31-13-14-32-25/h4-11,13-16H,2-3,12H2,1H3,(H,31,32)(H,33,36). The zero-order valence-corrected chi connectivity index (χ0v) is 20.0. The molecule has 3 aromatic carbocycles. The molecule has 5 rings (SSSR count). The molecule has 37 heavy (non-hydrogen) atoms. The van der Waals surface area contributed by atoms with E-state index in [1.54, 1.807) is 48.8 Å². The first kappa shape index (κ1) is 24.1. The van der Waals surface area contributed by atoms with Gasteiger partial charge < -0.3 is 15.0 Å². The highest BCUT2D eigenvalue weighted by atomic mass is 19.1. The number of aromatic amines is 1. The molecule has 2 aromatic heterocycles. The number of aromatic nitrogens is 4. The number of H-pyrrole nitrogens is 1. The van der Waals surface area contributed by atoms with Gasteiger partial charge in [0.15, 0.2) is 11.6 Å². The summed E-state index contributed by atoms with van der Waals surface area (Å²) in [5.41, 5.74) is 3.41. The van der Waals surface area contributed by atoms with Crippen molar-refractivity contribution < 1.29 is 18.3 Å². The number of amides is 1. The molecular formula is C28H23F2N5O2. The number of rotatable bonds is 8. The Bertz CT molecular complexity index is 1550. The van der Waals surface area contributed by atoms with E-state index < -0.39 is 5.82 Å². The Hall–Kier alpha value is -4.66. The van der Waals surface area contributed by atoms with E-state index in [1.807, 2.05) is 0 Å². The number of ether oxygens (including phenoxy) is 1. The van der Waals surface area contributed by atoms with E-state index in [-0.39, 0.29) is 17.5 Å². The molecule has 7 nitrogen and oxygen atoms in total. The number of fused-ring (bicyclic) bond motifs is 1. The van der Waals surface area contributed by atoms with Gasteiger partial charge in [0, 0.05) is 42.0 Å². The van der Waals surface area contributed by atoms with Crippen molar-refractivity contribution in [3.63, 3.8) is 0 Å². The maximum Gasteiger partial charge on any atom is 0.251 e. The average molecular weight is 500 g/mol. The molecule has 5 aromatic rings. The number of methoxy groups -OCH3 is 1. The number of carbonyl (C=O) groups excluding carboxylic acids is 1. The third-order valence-corrected chi connectivity index (χ3v) is 5.90. The molecule has 2 heterocycles. The highest BCUT2D eigenvalue weighted by molar-refractivity contribution is 5.98. The fourth-order valence-electron chi connectivity index (χ4n) is 4.01. The van der Waals surface area contributed by atoms with Gasteiger partial charge in [-0.05, 0) is 67.1 Å². The van der Waals surface area contributed by atoms with Crippen LogP contribution in [0.15, 0.2) is 73.1 Å². The summed E-state index contributed by atoms with van der Waals surface area (Å²) in [6.45, 7) is 0.489. The van der Waals surface area contributed by atoms with E-state index >= 15 is 0 Å². The molecule has 0 atom stereocenters. The lowest BCUT2D eigenvalue weighted by Gasteiger charge is -2.12. The van der Waals surface area contributed by atoms with Crippen molar-refractivity contribution in [2.75, 3.05) is 13.7 Å². The second-order valence-electron chi connectivity index (χ2n) is 8.38. The molecule has 0 saturated carbocycles.